The van der Waals surface area contributed by atoms with Gasteiger partial charge in [-0.3, -0.25) is 0 Å². The molecule has 4 heteroatoms. The molecule has 0 aliphatic rings. The number of imidazole rings is 1. The summed E-state index contributed by atoms with van der Waals surface area (Å²) in [7, 11) is 0. The van der Waals surface area contributed by atoms with Crippen LogP contribution >= 0.6 is 0 Å². The molecule has 0 aliphatic carbocycles. The smallest absolute Gasteiger partial charge is 0.337 e. The van der Waals surface area contributed by atoms with Crippen molar-refractivity contribution in [2.24, 2.45) is 0 Å². The molecule has 0 spiro atoms. The minimum Gasteiger partial charge on any atom is -0.478 e. The summed E-state index contributed by atoms with van der Waals surface area (Å²) in [5, 5.41) is 8.98. The quantitative estimate of drug-likeness (QED) is 0.793. The highest BCUT2D eigenvalue weighted by Crippen LogP contribution is 2.13. The molecule has 0 saturated heterocycles. The summed E-state index contributed by atoms with van der Waals surface area (Å²) in [5.41, 5.74) is 4.37. The van der Waals surface area contributed by atoms with E-state index in [2.05, 4.69) is 36.2 Å². The normalized spacial score (nSPS) is 10.8. The van der Waals surface area contributed by atoms with Gasteiger partial charge in [0.2, 0.25) is 0 Å². The highest BCUT2D eigenvalue weighted by molar-refractivity contribution is 5.87. The van der Waals surface area contributed by atoms with E-state index in [0.717, 1.165) is 17.8 Å². The summed E-state index contributed by atoms with van der Waals surface area (Å²) >= 11 is 0. The van der Waals surface area contributed by atoms with Crippen LogP contribution in [0.15, 0.2) is 48.8 Å². The van der Waals surface area contributed by atoms with E-state index in [1.54, 1.807) is 22.7 Å². The number of pyridine rings is 1. The lowest BCUT2D eigenvalue weighted by Crippen LogP contribution is -1.97. The van der Waals surface area contributed by atoms with Crippen LogP contribution in [0.5, 0.6) is 0 Å². The molecule has 3 rings (SSSR count). The number of fused-ring (bicyclic) bond motifs is 1. The van der Waals surface area contributed by atoms with Crippen LogP contribution in [0.4, 0.5) is 0 Å². The van der Waals surface area contributed by atoms with E-state index in [0.29, 0.717) is 0 Å². The van der Waals surface area contributed by atoms with Crippen molar-refractivity contribution >= 4 is 11.6 Å². The zero-order chi connectivity index (χ0) is 14.1. The molecule has 1 N–H and O–H groups in total. The molecule has 0 amide bonds. The average molecular weight is 266 g/mol. The minimum absolute atomic E-state index is 0.261. The molecule has 2 heterocycles. The van der Waals surface area contributed by atoms with Gasteiger partial charge >= 0.3 is 5.97 Å². The summed E-state index contributed by atoms with van der Waals surface area (Å²) in [6.45, 7) is 2.06. The van der Waals surface area contributed by atoms with Gasteiger partial charge in [0.15, 0.2) is 0 Å². The van der Waals surface area contributed by atoms with Crippen molar-refractivity contribution in [2.45, 2.75) is 13.3 Å². The van der Waals surface area contributed by atoms with Crippen molar-refractivity contribution < 1.29 is 9.90 Å². The van der Waals surface area contributed by atoms with Crippen LogP contribution in [0.1, 0.15) is 27.2 Å². The molecular formula is C16H14N2O2. The first kappa shape index (κ1) is 12.4. The van der Waals surface area contributed by atoms with Crippen LogP contribution in [-0.4, -0.2) is 20.5 Å². The van der Waals surface area contributed by atoms with Crippen LogP contribution < -0.4 is 0 Å². The highest BCUT2D eigenvalue weighted by Gasteiger charge is 2.07. The molecule has 0 radical (unpaired) electrons. The van der Waals surface area contributed by atoms with Gasteiger partial charge in [0.25, 0.3) is 0 Å². The Morgan fingerprint density at radius 3 is 2.60 bits per heavy atom. The van der Waals surface area contributed by atoms with Crippen LogP contribution in [0.2, 0.25) is 0 Å². The monoisotopic (exact) mass is 266 g/mol. The molecule has 0 aliphatic heterocycles. The van der Waals surface area contributed by atoms with Gasteiger partial charge in [0.1, 0.15) is 5.65 Å². The maximum atomic E-state index is 10.9. The van der Waals surface area contributed by atoms with Crippen molar-refractivity contribution in [3.05, 3.63) is 71.2 Å². The Hall–Kier alpha value is -2.62. The standard InChI is InChI=1S/C16H14N2O2/c1-11-2-4-12(5-3-11)8-14-10-18-9-13(16(19)20)6-7-15(18)17-14/h2-7,9-10H,8H2,1H3,(H,19,20). The summed E-state index contributed by atoms with van der Waals surface area (Å²) in [6, 6.07) is 11.6. The summed E-state index contributed by atoms with van der Waals surface area (Å²) in [4.78, 5) is 15.4. The third-order valence-corrected chi connectivity index (χ3v) is 3.25. The van der Waals surface area contributed by atoms with E-state index >= 15 is 0 Å². The fraction of sp³-hybridized carbons (Fsp3) is 0.125. The number of carboxylic acid groups (broad SMARTS) is 1. The molecule has 3 aromatic rings. The van der Waals surface area contributed by atoms with E-state index < -0.39 is 5.97 Å². The third kappa shape index (κ3) is 2.40. The largest absolute Gasteiger partial charge is 0.478 e. The number of rotatable bonds is 3. The predicted molar refractivity (Wildman–Crippen MR) is 76.1 cm³/mol. The van der Waals surface area contributed by atoms with Gasteiger partial charge in [0.05, 0.1) is 11.3 Å². The molecule has 0 saturated carbocycles. The Bertz CT molecular complexity index is 773. The molecule has 0 unspecified atom stereocenters. The molecule has 0 fully saturated rings. The zero-order valence-electron chi connectivity index (χ0n) is 11.1. The van der Waals surface area contributed by atoms with E-state index in [4.69, 9.17) is 5.11 Å². The van der Waals surface area contributed by atoms with Crippen molar-refractivity contribution in [3.8, 4) is 0 Å². The fourth-order valence-electron chi connectivity index (χ4n) is 2.17. The Kier molecular flexibility index (Phi) is 2.99. The molecular weight excluding hydrogens is 252 g/mol. The Labute approximate surface area is 116 Å². The maximum Gasteiger partial charge on any atom is 0.337 e. The van der Waals surface area contributed by atoms with Crippen molar-refractivity contribution in [1.29, 1.82) is 0 Å². The number of hydrogen-bond donors (Lipinski definition) is 1. The predicted octanol–water partition coefficient (Wildman–Crippen LogP) is 2.93. The van der Waals surface area contributed by atoms with Crippen LogP contribution in [0.3, 0.4) is 0 Å². The number of nitrogens with zero attached hydrogens (tertiary/aromatic N) is 2. The first-order valence-corrected chi connectivity index (χ1v) is 6.38. The minimum atomic E-state index is -0.930. The summed E-state index contributed by atoms with van der Waals surface area (Å²) < 4.78 is 1.76. The van der Waals surface area contributed by atoms with Crippen LogP contribution in [0.25, 0.3) is 5.65 Å². The van der Waals surface area contributed by atoms with Gasteiger partial charge in [0, 0.05) is 18.8 Å². The molecule has 1 aromatic carbocycles. The molecule has 0 atom stereocenters. The van der Waals surface area contributed by atoms with E-state index in [9.17, 15) is 4.79 Å². The lowest BCUT2D eigenvalue weighted by atomic mass is 10.1. The highest BCUT2D eigenvalue weighted by atomic mass is 16.4. The van der Waals surface area contributed by atoms with Gasteiger partial charge in [-0.05, 0) is 24.6 Å². The number of aromatic nitrogens is 2. The molecule has 4 nitrogen and oxygen atoms in total. The SMILES string of the molecule is Cc1ccc(Cc2cn3cc(C(=O)O)ccc3n2)cc1. The van der Waals surface area contributed by atoms with E-state index in [1.165, 1.54) is 11.1 Å². The van der Waals surface area contributed by atoms with Gasteiger partial charge < -0.3 is 9.51 Å². The van der Waals surface area contributed by atoms with Gasteiger partial charge in [-0.2, -0.15) is 0 Å². The number of aryl methyl sites for hydroxylation is 1. The number of carbonyl (C=O) groups is 1. The Morgan fingerprint density at radius 1 is 1.15 bits per heavy atom. The van der Waals surface area contributed by atoms with Gasteiger partial charge in [-0.25, -0.2) is 9.78 Å². The molecule has 100 valence electrons. The first-order chi connectivity index (χ1) is 9.61. The third-order valence-electron chi connectivity index (χ3n) is 3.25. The lowest BCUT2D eigenvalue weighted by molar-refractivity contribution is 0.0696. The fourth-order valence-corrected chi connectivity index (χ4v) is 2.17. The molecule has 20 heavy (non-hydrogen) atoms. The zero-order valence-corrected chi connectivity index (χ0v) is 11.1. The number of hydrogen-bond acceptors (Lipinski definition) is 2. The van der Waals surface area contributed by atoms with Crippen molar-refractivity contribution in [3.63, 3.8) is 0 Å². The number of benzene rings is 1. The second kappa shape index (κ2) is 4.81. The first-order valence-electron chi connectivity index (χ1n) is 6.38. The van der Waals surface area contributed by atoms with Crippen molar-refractivity contribution in [2.75, 3.05) is 0 Å². The van der Waals surface area contributed by atoms with E-state index in [1.807, 2.05) is 6.20 Å². The lowest BCUT2D eigenvalue weighted by Gasteiger charge is -1.98. The van der Waals surface area contributed by atoms with Crippen LogP contribution in [-0.2, 0) is 6.42 Å². The van der Waals surface area contributed by atoms with Gasteiger partial charge in [-0.1, -0.05) is 29.8 Å². The molecule has 0 bridgehead atoms. The van der Waals surface area contributed by atoms with E-state index in [-0.39, 0.29) is 5.56 Å². The van der Waals surface area contributed by atoms with Gasteiger partial charge in [-0.15, -0.1) is 0 Å². The Balaban J connectivity index is 1.92. The average Bonchev–Trinajstić information content (AvgIpc) is 2.82. The maximum absolute atomic E-state index is 10.9. The second-order valence-electron chi connectivity index (χ2n) is 4.88. The number of carboxylic acids is 1. The number of aromatic carboxylic acids is 1. The van der Waals surface area contributed by atoms with Crippen molar-refractivity contribution in [1.82, 2.24) is 9.38 Å². The van der Waals surface area contributed by atoms with Crippen LogP contribution in [0, 0.1) is 6.92 Å². The Morgan fingerprint density at radius 2 is 1.90 bits per heavy atom. The second-order valence-corrected chi connectivity index (χ2v) is 4.88. The summed E-state index contributed by atoms with van der Waals surface area (Å²) in [6.07, 6.45) is 4.20. The summed E-state index contributed by atoms with van der Waals surface area (Å²) in [5.74, 6) is -0.930. The topological polar surface area (TPSA) is 54.6 Å². The molecule has 2 aromatic heterocycles.